The third-order valence-electron chi connectivity index (χ3n) is 3.31. The second-order valence-corrected chi connectivity index (χ2v) is 4.84. The molecular formula is C14H13BN4O3. The number of pyridine rings is 1. The fraction of sp³-hybridized carbons (Fsp3) is 0.0714. The Labute approximate surface area is 126 Å². The highest BCUT2D eigenvalue weighted by Crippen LogP contribution is 2.17. The van der Waals surface area contributed by atoms with Gasteiger partial charge in [0, 0.05) is 30.6 Å². The van der Waals surface area contributed by atoms with E-state index in [1.54, 1.807) is 43.6 Å². The summed E-state index contributed by atoms with van der Waals surface area (Å²) in [5, 5.41) is 25.8. The van der Waals surface area contributed by atoms with E-state index in [0.29, 0.717) is 22.4 Å². The van der Waals surface area contributed by atoms with Crippen molar-refractivity contribution in [3.05, 3.63) is 48.4 Å². The molecule has 0 aliphatic heterocycles. The quantitative estimate of drug-likeness (QED) is 0.586. The summed E-state index contributed by atoms with van der Waals surface area (Å²) < 4.78 is 1.49. The Balaban J connectivity index is 1.88. The van der Waals surface area contributed by atoms with Gasteiger partial charge in [0.15, 0.2) is 0 Å². The van der Waals surface area contributed by atoms with Crippen LogP contribution in [0.2, 0.25) is 0 Å². The second kappa shape index (κ2) is 5.59. The van der Waals surface area contributed by atoms with E-state index in [1.807, 2.05) is 0 Å². The molecule has 3 N–H and O–H groups in total. The number of fused-ring (bicyclic) bond motifs is 1. The molecule has 0 saturated carbocycles. The maximum Gasteiger partial charge on any atom is 0.490 e. The Morgan fingerprint density at radius 1 is 1.27 bits per heavy atom. The van der Waals surface area contributed by atoms with Crippen LogP contribution in [0.3, 0.4) is 0 Å². The SMILES string of the molecule is Cn1nccc1C(=O)Nc1ccc2cc(B(O)O)cnc2c1. The van der Waals surface area contributed by atoms with E-state index < -0.39 is 7.12 Å². The van der Waals surface area contributed by atoms with Gasteiger partial charge in [0.05, 0.1) is 5.52 Å². The number of rotatable bonds is 3. The first-order valence-electron chi connectivity index (χ1n) is 6.60. The molecule has 110 valence electrons. The van der Waals surface area contributed by atoms with Crippen LogP contribution in [0.4, 0.5) is 5.69 Å². The minimum Gasteiger partial charge on any atom is -0.423 e. The summed E-state index contributed by atoms with van der Waals surface area (Å²) in [6.45, 7) is 0. The Kier molecular flexibility index (Phi) is 3.62. The molecule has 0 unspecified atom stereocenters. The van der Waals surface area contributed by atoms with Crippen LogP contribution in [-0.2, 0) is 7.05 Å². The average molecular weight is 296 g/mol. The summed E-state index contributed by atoms with van der Waals surface area (Å²) in [5.74, 6) is -0.262. The topological polar surface area (TPSA) is 100 Å². The van der Waals surface area contributed by atoms with E-state index >= 15 is 0 Å². The zero-order valence-electron chi connectivity index (χ0n) is 11.8. The molecule has 8 heteroatoms. The highest BCUT2D eigenvalue weighted by atomic mass is 16.4. The van der Waals surface area contributed by atoms with Crippen molar-refractivity contribution in [1.82, 2.24) is 14.8 Å². The summed E-state index contributed by atoms with van der Waals surface area (Å²) in [7, 11) is 0.139. The largest absolute Gasteiger partial charge is 0.490 e. The van der Waals surface area contributed by atoms with E-state index in [9.17, 15) is 4.79 Å². The number of hydrogen-bond donors (Lipinski definition) is 3. The number of aryl methyl sites for hydroxylation is 1. The summed E-state index contributed by atoms with van der Waals surface area (Å²) in [6.07, 6.45) is 2.94. The fourth-order valence-electron chi connectivity index (χ4n) is 2.15. The van der Waals surface area contributed by atoms with Crippen molar-refractivity contribution in [3.63, 3.8) is 0 Å². The lowest BCUT2D eigenvalue weighted by Gasteiger charge is -2.07. The highest BCUT2D eigenvalue weighted by Gasteiger charge is 2.13. The maximum absolute atomic E-state index is 12.1. The number of amides is 1. The molecule has 22 heavy (non-hydrogen) atoms. The van der Waals surface area contributed by atoms with Gasteiger partial charge in [-0.1, -0.05) is 12.1 Å². The summed E-state index contributed by atoms with van der Waals surface area (Å²) in [5.41, 5.74) is 2.02. The van der Waals surface area contributed by atoms with Crippen LogP contribution >= 0.6 is 0 Å². The van der Waals surface area contributed by atoms with Crippen LogP contribution in [0.15, 0.2) is 42.7 Å². The van der Waals surface area contributed by atoms with Gasteiger partial charge in [-0.3, -0.25) is 14.5 Å². The standard InChI is InChI=1S/C14H13BN4O3/c1-19-13(4-5-17-19)14(20)18-11-3-2-9-6-10(15(21)22)8-16-12(9)7-11/h2-8,21-22H,1H3,(H,18,20). The lowest BCUT2D eigenvalue weighted by Crippen LogP contribution is -2.29. The lowest BCUT2D eigenvalue weighted by molar-refractivity contribution is 0.101. The van der Waals surface area contributed by atoms with Crippen molar-refractivity contribution in [1.29, 1.82) is 0 Å². The van der Waals surface area contributed by atoms with Crippen LogP contribution in [0.1, 0.15) is 10.5 Å². The predicted octanol–water partition coefficient (Wildman–Crippen LogP) is -0.0996. The fourth-order valence-corrected chi connectivity index (χ4v) is 2.15. The van der Waals surface area contributed by atoms with Gasteiger partial charge in [0.1, 0.15) is 5.69 Å². The Morgan fingerprint density at radius 2 is 2.09 bits per heavy atom. The van der Waals surface area contributed by atoms with Gasteiger partial charge in [0.2, 0.25) is 0 Å². The number of nitrogens with one attached hydrogen (secondary N) is 1. The van der Waals surface area contributed by atoms with Crippen LogP contribution in [0, 0.1) is 0 Å². The number of hydrogen-bond acceptors (Lipinski definition) is 5. The molecule has 0 aliphatic rings. The van der Waals surface area contributed by atoms with E-state index in [0.717, 1.165) is 5.39 Å². The molecule has 0 radical (unpaired) electrons. The van der Waals surface area contributed by atoms with Crippen LogP contribution in [0.25, 0.3) is 10.9 Å². The molecule has 7 nitrogen and oxygen atoms in total. The smallest absolute Gasteiger partial charge is 0.423 e. The molecule has 0 saturated heterocycles. The summed E-state index contributed by atoms with van der Waals surface area (Å²) >= 11 is 0. The predicted molar refractivity (Wildman–Crippen MR) is 82.7 cm³/mol. The van der Waals surface area contributed by atoms with Gasteiger partial charge in [-0.2, -0.15) is 5.10 Å². The number of benzene rings is 1. The maximum atomic E-state index is 12.1. The van der Waals surface area contributed by atoms with Crippen molar-refractivity contribution >= 4 is 35.1 Å². The van der Waals surface area contributed by atoms with E-state index in [2.05, 4.69) is 15.4 Å². The van der Waals surface area contributed by atoms with Crippen molar-refractivity contribution < 1.29 is 14.8 Å². The average Bonchev–Trinajstić information content (AvgIpc) is 2.92. The number of nitrogens with zero attached hydrogens (tertiary/aromatic N) is 3. The Hall–Kier alpha value is -2.71. The number of carbonyl (C=O) groups is 1. The molecule has 0 aliphatic carbocycles. The normalized spacial score (nSPS) is 10.7. The van der Waals surface area contributed by atoms with Gasteiger partial charge in [-0.25, -0.2) is 0 Å². The van der Waals surface area contributed by atoms with E-state index in [4.69, 9.17) is 10.0 Å². The van der Waals surface area contributed by atoms with E-state index in [-0.39, 0.29) is 5.91 Å². The number of anilines is 1. The third kappa shape index (κ3) is 2.69. The minimum atomic E-state index is -1.55. The van der Waals surface area contributed by atoms with E-state index in [1.165, 1.54) is 10.9 Å². The zero-order chi connectivity index (χ0) is 15.7. The minimum absolute atomic E-state index is 0.262. The van der Waals surface area contributed by atoms with Gasteiger partial charge in [-0.05, 0) is 23.6 Å². The van der Waals surface area contributed by atoms with Gasteiger partial charge < -0.3 is 15.4 Å². The van der Waals surface area contributed by atoms with Crippen LogP contribution in [-0.4, -0.2) is 37.8 Å². The zero-order valence-corrected chi connectivity index (χ0v) is 11.8. The number of aromatic nitrogens is 3. The lowest BCUT2D eigenvalue weighted by atomic mass is 9.81. The molecule has 1 aromatic carbocycles. The molecule has 0 spiro atoms. The first kappa shape index (κ1) is 14.2. The summed E-state index contributed by atoms with van der Waals surface area (Å²) in [4.78, 5) is 16.3. The third-order valence-corrected chi connectivity index (χ3v) is 3.31. The molecule has 0 fully saturated rings. The highest BCUT2D eigenvalue weighted by molar-refractivity contribution is 6.58. The van der Waals surface area contributed by atoms with Crippen molar-refractivity contribution in [2.45, 2.75) is 0 Å². The number of carbonyl (C=O) groups excluding carboxylic acids is 1. The molecule has 3 rings (SSSR count). The molecule has 3 aromatic rings. The van der Waals surface area contributed by atoms with Crippen molar-refractivity contribution in [2.75, 3.05) is 5.32 Å². The second-order valence-electron chi connectivity index (χ2n) is 4.84. The molecule has 1 amide bonds. The summed E-state index contributed by atoms with van der Waals surface area (Å²) in [6, 6.07) is 8.47. The van der Waals surface area contributed by atoms with Gasteiger partial charge in [0.25, 0.3) is 5.91 Å². The molecule has 2 aromatic heterocycles. The molecule has 2 heterocycles. The Morgan fingerprint density at radius 3 is 2.77 bits per heavy atom. The Bertz CT molecular complexity index is 847. The van der Waals surface area contributed by atoms with Crippen molar-refractivity contribution in [3.8, 4) is 0 Å². The van der Waals surface area contributed by atoms with Crippen molar-refractivity contribution in [2.24, 2.45) is 7.05 Å². The van der Waals surface area contributed by atoms with Gasteiger partial charge in [-0.15, -0.1) is 0 Å². The molecule has 0 atom stereocenters. The van der Waals surface area contributed by atoms with Crippen LogP contribution < -0.4 is 10.8 Å². The molecular weight excluding hydrogens is 283 g/mol. The van der Waals surface area contributed by atoms with Gasteiger partial charge >= 0.3 is 7.12 Å². The van der Waals surface area contributed by atoms with Crippen LogP contribution in [0.5, 0.6) is 0 Å². The molecule has 0 bridgehead atoms. The monoisotopic (exact) mass is 296 g/mol. The first-order valence-corrected chi connectivity index (χ1v) is 6.60. The first-order chi connectivity index (χ1) is 10.5.